The highest BCUT2D eigenvalue weighted by molar-refractivity contribution is 7.91. The van der Waals surface area contributed by atoms with Crippen LogP contribution in [0.2, 0.25) is 0 Å². The van der Waals surface area contributed by atoms with Gasteiger partial charge in [-0.2, -0.15) is 0 Å². The van der Waals surface area contributed by atoms with E-state index in [-0.39, 0.29) is 158 Å². The number of nitrogens with two attached hydrogens (primary N) is 7. The zero-order valence-corrected chi connectivity index (χ0v) is 79.5. The minimum Gasteiger partial charge on any atom is -0.399 e. The van der Waals surface area contributed by atoms with Crippen molar-refractivity contribution in [2.75, 3.05) is 71.2 Å². The first kappa shape index (κ1) is 100. The lowest BCUT2D eigenvalue weighted by Crippen LogP contribution is -2.33. The maximum Gasteiger partial charge on any atom is 0.268 e. The SMILES string of the molecule is CC(=O)NCC1=C(C)c2c(c(-c3ccc(N)cc3)cn2S(=O)(=O)c2ccc(N)cc2)C(=O)C1=O.CC(=O)NCC1=C(c2ccccc2)c2c(c(-c3ccc(N)cc3)cn2S(=O)(=O)c2ccc(N)cc2)C(=O)C1=O.CC(=O)NCC1=Cc2c(c(-c3ccc(NC(C)=O)cc3)cn2S(=O)(=O)c2ccc(N)cc2)C(=O)C1=O.CC(=O)Nc1ccc(-c2cn(S(=O)(=O)c3ccc(N)cc3)c3c2C(=O)C(=O)C(CN)=C3)cc1. The van der Waals surface area contributed by atoms with Crippen molar-refractivity contribution >= 4 is 185 Å². The first-order chi connectivity index (χ1) is 67.2. The second kappa shape index (κ2) is 40.2. The smallest absolute Gasteiger partial charge is 0.268 e. The molecule has 4 heterocycles. The largest absolute Gasteiger partial charge is 0.399 e. The van der Waals surface area contributed by atoms with Crippen molar-refractivity contribution in [3.63, 3.8) is 0 Å². The van der Waals surface area contributed by atoms with Crippen molar-refractivity contribution in [1.82, 2.24) is 31.8 Å². The molecule has 4 aromatic heterocycles. The van der Waals surface area contributed by atoms with Gasteiger partial charge in [-0.1, -0.05) is 78.9 Å². The molecule has 5 amide bonds. The maximum atomic E-state index is 14.1. The van der Waals surface area contributed by atoms with Crippen LogP contribution in [0.5, 0.6) is 0 Å². The monoisotopic (exact) mass is 1990 g/mol. The van der Waals surface area contributed by atoms with E-state index >= 15 is 0 Å². The van der Waals surface area contributed by atoms with Gasteiger partial charge in [-0.05, 0) is 198 Å². The Bertz CT molecular complexity index is 8140. The lowest BCUT2D eigenvalue weighted by atomic mass is 9.82. The van der Waals surface area contributed by atoms with Gasteiger partial charge in [0.15, 0.2) is 0 Å². The molecule has 17 rings (SSSR count). The number of carbonyl (C=O) groups excluding carboxylic acids is 13. The van der Waals surface area contributed by atoms with Crippen molar-refractivity contribution in [3.05, 3.63) is 322 Å². The number of fused-ring (bicyclic) bond motifs is 4. The van der Waals surface area contributed by atoms with Crippen LogP contribution in [0.1, 0.15) is 111 Å². The van der Waals surface area contributed by atoms with Crippen LogP contribution >= 0.6 is 0 Å². The summed E-state index contributed by atoms with van der Waals surface area (Å²) in [6.45, 7) is 7.23. The van der Waals surface area contributed by atoms with E-state index in [9.17, 15) is 96.0 Å². The van der Waals surface area contributed by atoms with E-state index in [4.69, 9.17) is 40.1 Å². The molecule has 0 bridgehead atoms. The molecule has 142 heavy (non-hydrogen) atoms. The number of allylic oxidation sites excluding steroid dienone is 1. The number of Topliss-reactive ketones (excluding diaryl/α,β-unsaturated/α-hetero) is 8. The number of amides is 5. The third kappa shape index (κ3) is 20.1. The Morgan fingerprint density at radius 2 is 0.563 bits per heavy atom. The van der Waals surface area contributed by atoms with E-state index in [2.05, 4.69) is 26.6 Å². The van der Waals surface area contributed by atoms with E-state index in [0.717, 1.165) is 15.9 Å². The molecule has 722 valence electrons. The molecule has 0 saturated carbocycles. The number of carbonyl (C=O) groups is 13. The lowest BCUT2D eigenvalue weighted by Gasteiger charge is -2.23. The van der Waals surface area contributed by atoms with Gasteiger partial charge in [-0.15, -0.1) is 0 Å². The average molecular weight is 1990 g/mol. The van der Waals surface area contributed by atoms with Gasteiger partial charge in [0.1, 0.15) is 0 Å². The molecular formula is C101H88N16O21S4. The molecule has 19 N–H and O–H groups in total. The van der Waals surface area contributed by atoms with E-state index in [1.807, 2.05) is 0 Å². The zero-order chi connectivity index (χ0) is 103. The highest BCUT2D eigenvalue weighted by atomic mass is 32.2. The summed E-state index contributed by atoms with van der Waals surface area (Å²) in [4.78, 5) is 162. The van der Waals surface area contributed by atoms with E-state index in [1.54, 1.807) is 134 Å². The second-order valence-corrected chi connectivity index (χ2v) is 39.9. The number of hydrogen-bond acceptors (Lipinski definition) is 28. The topological polar surface area (TPSA) is 620 Å². The van der Waals surface area contributed by atoms with Gasteiger partial charge in [0.25, 0.3) is 40.1 Å². The van der Waals surface area contributed by atoms with E-state index < -0.39 is 104 Å². The highest BCUT2D eigenvalue weighted by Crippen LogP contribution is 2.46. The van der Waals surface area contributed by atoms with Crippen LogP contribution in [0, 0.1) is 0 Å². The fourth-order valence-electron chi connectivity index (χ4n) is 15.9. The van der Waals surface area contributed by atoms with Crippen molar-refractivity contribution in [2.24, 2.45) is 5.73 Å². The Balaban J connectivity index is 0.000000151. The van der Waals surface area contributed by atoms with Crippen LogP contribution in [0.15, 0.2) is 291 Å². The Labute approximate surface area is 812 Å². The molecule has 0 unspecified atom stereocenters. The third-order valence-corrected chi connectivity index (χ3v) is 29.6. The Morgan fingerprint density at radius 3 is 0.908 bits per heavy atom. The van der Waals surface area contributed by atoms with Crippen LogP contribution in [0.3, 0.4) is 0 Å². The van der Waals surface area contributed by atoms with Crippen molar-refractivity contribution in [1.29, 1.82) is 0 Å². The summed E-state index contributed by atoms with van der Waals surface area (Å²) in [6, 6.07) is 57.2. The molecule has 0 fully saturated rings. The second-order valence-electron chi connectivity index (χ2n) is 32.6. The summed E-state index contributed by atoms with van der Waals surface area (Å²) in [5.74, 6) is -8.40. The number of rotatable bonds is 22. The van der Waals surface area contributed by atoms with Gasteiger partial charge in [-0.25, -0.2) is 49.6 Å². The van der Waals surface area contributed by atoms with Gasteiger partial charge in [0.2, 0.25) is 75.8 Å². The van der Waals surface area contributed by atoms with E-state index in [0.29, 0.717) is 73.3 Å². The number of nitrogen functional groups attached to an aromatic ring is 6. The molecule has 37 nitrogen and oxygen atoms in total. The molecule has 0 saturated heterocycles. The normalized spacial score (nSPS) is 13.4. The minimum atomic E-state index is -4.28. The number of nitrogens with zero attached hydrogens (tertiary/aromatic N) is 4. The summed E-state index contributed by atoms with van der Waals surface area (Å²) < 4.78 is 113. The fourth-order valence-corrected chi connectivity index (χ4v) is 21.4. The predicted molar refractivity (Wildman–Crippen MR) is 534 cm³/mol. The van der Waals surface area contributed by atoms with E-state index in [1.165, 1.54) is 169 Å². The average Bonchev–Trinajstić information content (AvgIpc) is 1.56. The molecule has 9 aromatic carbocycles. The number of anilines is 8. The van der Waals surface area contributed by atoms with Gasteiger partial charge in [-0.3, -0.25) is 62.3 Å². The number of nitrogens with one attached hydrogen (secondary N) is 5. The first-order valence-electron chi connectivity index (χ1n) is 42.9. The first-order valence-corrected chi connectivity index (χ1v) is 48.6. The molecule has 0 atom stereocenters. The van der Waals surface area contributed by atoms with Crippen LogP contribution in [0.25, 0.3) is 67.8 Å². The number of benzene rings is 9. The predicted octanol–water partition coefficient (Wildman–Crippen LogP) is 9.75. The number of hydrogen-bond donors (Lipinski definition) is 12. The summed E-state index contributed by atoms with van der Waals surface area (Å²) >= 11 is 0. The minimum absolute atomic E-state index is 0.00212. The Morgan fingerprint density at radius 1 is 0.289 bits per heavy atom. The number of ketones is 8. The van der Waals surface area contributed by atoms with Gasteiger partial charge < -0.3 is 66.7 Å². The lowest BCUT2D eigenvalue weighted by molar-refractivity contribution is -0.119. The highest BCUT2D eigenvalue weighted by Gasteiger charge is 2.44. The van der Waals surface area contributed by atoms with Gasteiger partial charge in [0.05, 0.1) is 64.6 Å². The molecule has 4 aliphatic carbocycles. The summed E-state index contributed by atoms with van der Waals surface area (Å²) in [7, 11) is -16.8. The van der Waals surface area contributed by atoms with Crippen molar-refractivity contribution in [2.45, 2.75) is 61.1 Å². The summed E-state index contributed by atoms with van der Waals surface area (Å²) in [6.07, 6.45) is 7.91. The van der Waals surface area contributed by atoms with Gasteiger partial charge >= 0.3 is 0 Å². The summed E-state index contributed by atoms with van der Waals surface area (Å²) in [5, 5.41) is 12.8. The molecule has 4 aliphatic rings. The molecule has 41 heteroatoms. The molecule has 0 radical (unpaired) electrons. The third-order valence-electron chi connectivity index (χ3n) is 22.9. The van der Waals surface area contributed by atoms with Crippen LogP contribution in [-0.2, 0) is 83.2 Å². The standard InChI is InChI=1S/C29H24N4O5S.C25H22N4O6S.C24H22N4O5S.C23H20N4O5S/c1-17(34)32-15-23-25(19-5-3-2-4-6-19)27-26(29(36)28(23)35)24(18-7-9-20(30)10-8-18)16-33(27)39(37,38)22-13-11-21(31)12-14-22;1-14(30)27-12-17-11-22-23(25(33)24(17)32)21(16-3-7-19(8-4-16)28-15(2)31)13-29(22)36(34,35)20-9-5-18(26)6-10-20;1-13-19(11-27-14(2)29)23(30)24(31)21-20(15-3-5-16(25)6-4-15)12-28(22(13)21)34(32,33)18-9-7-17(26)8-10-18;1-13(28)26-17-6-2-14(3-7-17)19-12-27(33(31,32)18-8-4-16(25)5-9-18)20-10-15(11-24)22(29)23(30)21(19)20/h2-14,16H,15,30-31H2,1H3,(H,32,34);3-11,13H,12,26H2,1-2H3,(H,27,30)(H,28,31);3-10,12H,11,25-26H2,1-2H3,(H,27,29);2-10,12H,11,24-25H2,1H3,(H,26,28). The molecular weight excluding hydrogens is 1900 g/mol. The van der Waals surface area contributed by atoms with Crippen molar-refractivity contribution in [3.8, 4) is 44.5 Å². The van der Waals surface area contributed by atoms with Gasteiger partial charge in [0, 0.05) is 181 Å². The molecule has 0 spiro atoms. The van der Waals surface area contributed by atoms with Crippen LogP contribution < -0.4 is 66.7 Å². The Kier molecular flexibility index (Phi) is 28.4. The number of aromatic nitrogens is 4. The quantitative estimate of drug-likeness (QED) is 0.0222. The Hall–Kier alpha value is -17.7. The maximum absolute atomic E-state index is 14.1. The zero-order valence-electron chi connectivity index (χ0n) is 76.2. The van der Waals surface area contributed by atoms with Crippen LogP contribution in [-0.4, -0.2) is 152 Å². The molecule has 0 aliphatic heterocycles. The van der Waals surface area contributed by atoms with Crippen LogP contribution in [0.4, 0.5) is 45.5 Å². The van der Waals surface area contributed by atoms with Crippen molar-refractivity contribution < 1.29 is 96.0 Å². The molecule has 13 aromatic rings. The fraction of sp³-hybridized carbons (Fsp3) is 0.0990. The summed E-state index contributed by atoms with van der Waals surface area (Å²) in [5.41, 5.74) is 47.8.